The van der Waals surface area contributed by atoms with E-state index < -0.39 is 0 Å². The average molecular weight is 174 g/mol. The van der Waals surface area contributed by atoms with E-state index in [9.17, 15) is 0 Å². The second-order valence-electron chi connectivity index (χ2n) is 3.90. The standard InChI is InChI=1S/C10H22S/c1-5-7-8-9(6-2)10(3,4)11/h9,11H,5-8H2,1-4H3. The third kappa shape index (κ3) is 4.73. The minimum atomic E-state index is 0.212. The van der Waals surface area contributed by atoms with Crippen LogP contribution in [-0.2, 0) is 0 Å². The molecule has 0 radical (unpaired) electrons. The largest absolute Gasteiger partial charge is 0.173 e. The minimum absolute atomic E-state index is 0.212. The Kier molecular flexibility index (Phi) is 5.24. The van der Waals surface area contributed by atoms with Crippen molar-refractivity contribution in [3.05, 3.63) is 0 Å². The van der Waals surface area contributed by atoms with Crippen molar-refractivity contribution in [2.24, 2.45) is 5.92 Å². The van der Waals surface area contributed by atoms with E-state index in [0.29, 0.717) is 0 Å². The van der Waals surface area contributed by atoms with Crippen LogP contribution in [0.1, 0.15) is 53.4 Å². The summed E-state index contributed by atoms with van der Waals surface area (Å²) in [5.41, 5.74) is 0. The predicted octanol–water partition coefficient (Wildman–Crippen LogP) is 3.91. The number of hydrogen-bond acceptors (Lipinski definition) is 1. The molecule has 0 amide bonds. The molecule has 0 aliphatic heterocycles. The van der Waals surface area contributed by atoms with Crippen molar-refractivity contribution in [1.82, 2.24) is 0 Å². The fraction of sp³-hybridized carbons (Fsp3) is 1.00. The van der Waals surface area contributed by atoms with E-state index in [4.69, 9.17) is 0 Å². The first-order valence-corrected chi connectivity index (χ1v) is 5.19. The van der Waals surface area contributed by atoms with Gasteiger partial charge in [-0.1, -0.05) is 47.0 Å². The SMILES string of the molecule is CCCCC(CC)C(C)(C)S. The molecule has 0 aliphatic carbocycles. The smallest absolute Gasteiger partial charge is 0.0101 e. The van der Waals surface area contributed by atoms with Gasteiger partial charge in [0.25, 0.3) is 0 Å². The molecule has 0 nitrogen and oxygen atoms in total. The molecule has 0 saturated heterocycles. The molecule has 0 fully saturated rings. The molecule has 0 rings (SSSR count). The van der Waals surface area contributed by atoms with Gasteiger partial charge >= 0.3 is 0 Å². The molecule has 0 spiro atoms. The maximum atomic E-state index is 4.60. The minimum Gasteiger partial charge on any atom is -0.173 e. The van der Waals surface area contributed by atoms with Crippen LogP contribution in [0.15, 0.2) is 0 Å². The van der Waals surface area contributed by atoms with Crippen LogP contribution in [0.3, 0.4) is 0 Å². The van der Waals surface area contributed by atoms with E-state index in [-0.39, 0.29) is 4.75 Å². The van der Waals surface area contributed by atoms with Crippen molar-refractivity contribution in [2.45, 2.75) is 58.1 Å². The van der Waals surface area contributed by atoms with Crippen LogP contribution in [0, 0.1) is 5.92 Å². The molecular weight excluding hydrogens is 152 g/mol. The van der Waals surface area contributed by atoms with Crippen LogP contribution >= 0.6 is 12.6 Å². The second-order valence-corrected chi connectivity index (χ2v) is 5.05. The van der Waals surface area contributed by atoms with Gasteiger partial charge in [0.05, 0.1) is 0 Å². The van der Waals surface area contributed by atoms with Gasteiger partial charge in [-0.3, -0.25) is 0 Å². The molecule has 0 aromatic heterocycles. The summed E-state index contributed by atoms with van der Waals surface area (Å²) < 4.78 is 0.212. The monoisotopic (exact) mass is 174 g/mol. The number of hydrogen-bond donors (Lipinski definition) is 1. The van der Waals surface area contributed by atoms with Crippen molar-refractivity contribution in [3.63, 3.8) is 0 Å². The van der Waals surface area contributed by atoms with Crippen LogP contribution in [0.4, 0.5) is 0 Å². The van der Waals surface area contributed by atoms with Crippen molar-refractivity contribution in [1.29, 1.82) is 0 Å². The lowest BCUT2D eigenvalue weighted by Gasteiger charge is -2.28. The van der Waals surface area contributed by atoms with Crippen molar-refractivity contribution >= 4 is 12.6 Å². The number of unbranched alkanes of at least 4 members (excludes halogenated alkanes) is 1. The van der Waals surface area contributed by atoms with Crippen molar-refractivity contribution in [2.75, 3.05) is 0 Å². The molecule has 0 bridgehead atoms. The predicted molar refractivity (Wildman–Crippen MR) is 56.4 cm³/mol. The first kappa shape index (κ1) is 11.4. The van der Waals surface area contributed by atoms with E-state index in [1.807, 2.05) is 0 Å². The summed E-state index contributed by atoms with van der Waals surface area (Å²) in [5, 5.41) is 0. The Hall–Kier alpha value is 0.350. The van der Waals surface area contributed by atoms with Crippen LogP contribution in [0.5, 0.6) is 0 Å². The highest BCUT2D eigenvalue weighted by Crippen LogP contribution is 2.30. The zero-order valence-electron chi connectivity index (χ0n) is 8.35. The van der Waals surface area contributed by atoms with E-state index in [1.54, 1.807) is 0 Å². The van der Waals surface area contributed by atoms with Gasteiger partial charge in [0, 0.05) is 4.75 Å². The molecule has 1 heteroatoms. The zero-order chi connectivity index (χ0) is 8.91. The van der Waals surface area contributed by atoms with Crippen molar-refractivity contribution < 1.29 is 0 Å². The van der Waals surface area contributed by atoms with Crippen LogP contribution in [-0.4, -0.2) is 4.75 Å². The molecule has 1 atom stereocenters. The van der Waals surface area contributed by atoms with Crippen LogP contribution < -0.4 is 0 Å². The molecule has 0 heterocycles. The first-order chi connectivity index (χ1) is 5.02. The maximum absolute atomic E-state index is 4.60. The van der Waals surface area contributed by atoms with Crippen molar-refractivity contribution in [3.8, 4) is 0 Å². The van der Waals surface area contributed by atoms with Gasteiger partial charge < -0.3 is 0 Å². The molecule has 68 valence electrons. The summed E-state index contributed by atoms with van der Waals surface area (Å²) >= 11 is 4.60. The topological polar surface area (TPSA) is 0 Å². The lowest BCUT2D eigenvalue weighted by Crippen LogP contribution is -2.23. The summed E-state index contributed by atoms with van der Waals surface area (Å²) in [4.78, 5) is 0. The lowest BCUT2D eigenvalue weighted by atomic mass is 9.88. The third-order valence-electron chi connectivity index (χ3n) is 2.40. The van der Waals surface area contributed by atoms with Crippen LogP contribution in [0.2, 0.25) is 0 Å². The molecule has 0 N–H and O–H groups in total. The van der Waals surface area contributed by atoms with E-state index in [2.05, 4.69) is 40.3 Å². The molecule has 0 aliphatic rings. The van der Waals surface area contributed by atoms with Gasteiger partial charge in [-0.2, -0.15) is 12.6 Å². The quantitative estimate of drug-likeness (QED) is 0.600. The average Bonchev–Trinajstić information content (AvgIpc) is 1.87. The Morgan fingerprint density at radius 3 is 2.09 bits per heavy atom. The maximum Gasteiger partial charge on any atom is 0.0101 e. The van der Waals surface area contributed by atoms with Crippen LogP contribution in [0.25, 0.3) is 0 Å². The van der Waals surface area contributed by atoms with E-state index in [1.165, 1.54) is 25.7 Å². The summed E-state index contributed by atoms with van der Waals surface area (Å²) in [5.74, 6) is 0.783. The number of rotatable bonds is 5. The third-order valence-corrected chi connectivity index (χ3v) is 2.76. The Morgan fingerprint density at radius 1 is 1.27 bits per heavy atom. The normalized spacial score (nSPS) is 15.0. The molecule has 0 saturated carbocycles. The highest BCUT2D eigenvalue weighted by Gasteiger charge is 2.22. The van der Waals surface area contributed by atoms with Gasteiger partial charge in [-0.15, -0.1) is 0 Å². The first-order valence-electron chi connectivity index (χ1n) is 4.74. The van der Waals surface area contributed by atoms with Gasteiger partial charge in [0.1, 0.15) is 0 Å². The Labute approximate surface area is 77.2 Å². The lowest BCUT2D eigenvalue weighted by molar-refractivity contribution is 0.374. The molecular formula is C10H22S. The zero-order valence-corrected chi connectivity index (χ0v) is 9.25. The van der Waals surface area contributed by atoms with E-state index >= 15 is 0 Å². The summed E-state index contributed by atoms with van der Waals surface area (Å²) in [6.45, 7) is 8.95. The second kappa shape index (κ2) is 5.08. The Balaban J connectivity index is 3.76. The van der Waals surface area contributed by atoms with Gasteiger partial charge in [-0.05, 0) is 12.3 Å². The molecule has 1 unspecified atom stereocenters. The van der Waals surface area contributed by atoms with Gasteiger partial charge in [-0.25, -0.2) is 0 Å². The highest BCUT2D eigenvalue weighted by atomic mass is 32.1. The Bertz CT molecular complexity index is 91.5. The summed E-state index contributed by atoms with van der Waals surface area (Å²) in [7, 11) is 0. The van der Waals surface area contributed by atoms with Gasteiger partial charge in [0.15, 0.2) is 0 Å². The number of thiol groups is 1. The van der Waals surface area contributed by atoms with E-state index in [0.717, 1.165) is 5.92 Å². The fourth-order valence-corrected chi connectivity index (χ4v) is 1.82. The molecule has 11 heavy (non-hydrogen) atoms. The summed E-state index contributed by atoms with van der Waals surface area (Å²) in [6.07, 6.45) is 5.25. The molecule has 0 aromatic rings. The summed E-state index contributed by atoms with van der Waals surface area (Å²) in [6, 6.07) is 0. The van der Waals surface area contributed by atoms with Gasteiger partial charge in [0.2, 0.25) is 0 Å². The highest BCUT2D eigenvalue weighted by molar-refractivity contribution is 7.81. The fourth-order valence-electron chi connectivity index (χ4n) is 1.51. The molecule has 0 aromatic carbocycles. The Morgan fingerprint density at radius 2 is 1.82 bits per heavy atom.